The SMILES string of the molecule is Cc1ccc(OC(F)(F)F)c(-c2ccc(C=O)o2)c1. The fraction of sp³-hybridized carbons (Fsp3) is 0.154. The molecule has 0 spiro atoms. The number of hydrogen-bond donors (Lipinski definition) is 0. The van der Waals surface area contributed by atoms with Crippen molar-refractivity contribution in [2.24, 2.45) is 0 Å². The lowest BCUT2D eigenvalue weighted by Crippen LogP contribution is -2.17. The predicted octanol–water partition coefficient (Wildman–Crippen LogP) is 3.97. The Hall–Kier alpha value is -2.24. The van der Waals surface area contributed by atoms with Crippen molar-refractivity contribution in [1.29, 1.82) is 0 Å². The van der Waals surface area contributed by atoms with Crippen LogP contribution in [0.1, 0.15) is 16.1 Å². The van der Waals surface area contributed by atoms with E-state index in [1.807, 2.05) is 0 Å². The van der Waals surface area contributed by atoms with E-state index in [-0.39, 0.29) is 22.8 Å². The number of aryl methyl sites for hydroxylation is 1. The molecule has 6 heteroatoms. The van der Waals surface area contributed by atoms with Crippen LogP contribution in [-0.4, -0.2) is 12.6 Å². The Balaban J connectivity index is 2.47. The van der Waals surface area contributed by atoms with Crippen molar-refractivity contribution in [3.05, 3.63) is 41.7 Å². The molecule has 2 rings (SSSR count). The highest BCUT2D eigenvalue weighted by molar-refractivity contribution is 5.74. The molecule has 19 heavy (non-hydrogen) atoms. The summed E-state index contributed by atoms with van der Waals surface area (Å²) in [6.45, 7) is 1.73. The zero-order chi connectivity index (χ0) is 14.0. The summed E-state index contributed by atoms with van der Waals surface area (Å²) in [5.41, 5.74) is 0.888. The van der Waals surface area contributed by atoms with Gasteiger partial charge in [-0.15, -0.1) is 13.2 Å². The first-order valence-electron chi connectivity index (χ1n) is 5.31. The van der Waals surface area contributed by atoms with Crippen LogP contribution in [0.4, 0.5) is 13.2 Å². The van der Waals surface area contributed by atoms with Crippen LogP contribution in [0.3, 0.4) is 0 Å². The van der Waals surface area contributed by atoms with E-state index in [0.29, 0.717) is 6.29 Å². The van der Waals surface area contributed by atoms with Gasteiger partial charge >= 0.3 is 6.36 Å². The first kappa shape index (κ1) is 13.2. The van der Waals surface area contributed by atoms with Gasteiger partial charge in [0.2, 0.25) is 0 Å². The molecule has 0 atom stereocenters. The van der Waals surface area contributed by atoms with Gasteiger partial charge in [-0.2, -0.15) is 0 Å². The molecule has 0 bridgehead atoms. The molecule has 0 radical (unpaired) electrons. The fourth-order valence-electron chi connectivity index (χ4n) is 1.61. The van der Waals surface area contributed by atoms with Gasteiger partial charge in [0.25, 0.3) is 0 Å². The number of hydrogen-bond acceptors (Lipinski definition) is 3. The van der Waals surface area contributed by atoms with Gasteiger partial charge in [-0.05, 0) is 31.2 Å². The molecule has 1 aromatic heterocycles. The minimum Gasteiger partial charge on any atom is -0.453 e. The van der Waals surface area contributed by atoms with E-state index in [0.717, 1.165) is 5.56 Å². The highest BCUT2D eigenvalue weighted by Crippen LogP contribution is 2.35. The van der Waals surface area contributed by atoms with Gasteiger partial charge < -0.3 is 9.15 Å². The number of carbonyl (C=O) groups is 1. The number of alkyl halides is 3. The Bertz CT molecular complexity index is 599. The minimum absolute atomic E-state index is 0.0365. The summed E-state index contributed by atoms with van der Waals surface area (Å²) >= 11 is 0. The summed E-state index contributed by atoms with van der Waals surface area (Å²) in [6, 6.07) is 6.99. The maximum absolute atomic E-state index is 12.3. The number of furan rings is 1. The lowest BCUT2D eigenvalue weighted by Gasteiger charge is -2.12. The zero-order valence-corrected chi connectivity index (χ0v) is 9.82. The lowest BCUT2D eigenvalue weighted by atomic mass is 10.1. The Morgan fingerprint density at radius 3 is 2.53 bits per heavy atom. The van der Waals surface area contributed by atoms with Crippen molar-refractivity contribution in [2.45, 2.75) is 13.3 Å². The van der Waals surface area contributed by atoms with E-state index in [1.165, 1.54) is 30.3 Å². The Morgan fingerprint density at radius 1 is 1.21 bits per heavy atom. The largest absolute Gasteiger partial charge is 0.573 e. The molecular formula is C13H9F3O3. The second-order valence-corrected chi connectivity index (χ2v) is 3.87. The van der Waals surface area contributed by atoms with E-state index < -0.39 is 6.36 Å². The van der Waals surface area contributed by atoms with E-state index in [9.17, 15) is 18.0 Å². The Kier molecular flexibility index (Phi) is 3.33. The topological polar surface area (TPSA) is 39.4 Å². The highest BCUT2D eigenvalue weighted by atomic mass is 19.4. The normalized spacial score (nSPS) is 11.4. The molecule has 0 saturated heterocycles. The number of aldehydes is 1. The molecule has 0 N–H and O–H groups in total. The van der Waals surface area contributed by atoms with Crippen molar-refractivity contribution >= 4 is 6.29 Å². The summed E-state index contributed by atoms with van der Waals surface area (Å²) < 4.78 is 46.0. The van der Waals surface area contributed by atoms with Gasteiger partial charge in [-0.3, -0.25) is 4.79 Å². The van der Waals surface area contributed by atoms with Crippen LogP contribution in [-0.2, 0) is 0 Å². The molecule has 0 amide bonds. The first-order chi connectivity index (χ1) is 8.89. The molecule has 2 aromatic rings. The van der Waals surface area contributed by atoms with Crippen LogP contribution >= 0.6 is 0 Å². The monoisotopic (exact) mass is 270 g/mol. The fourth-order valence-corrected chi connectivity index (χ4v) is 1.61. The minimum atomic E-state index is -4.79. The Labute approximate surface area is 106 Å². The smallest absolute Gasteiger partial charge is 0.453 e. The summed E-state index contributed by atoms with van der Waals surface area (Å²) in [5.74, 6) is -0.190. The second-order valence-electron chi connectivity index (χ2n) is 3.87. The van der Waals surface area contributed by atoms with Gasteiger partial charge in [0.15, 0.2) is 12.0 Å². The average molecular weight is 270 g/mol. The second kappa shape index (κ2) is 4.79. The number of rotatable bonds is 3. The third-order valence-electron chi connectivity index (χ3n) is 2.37. The first-order valence-corrected chi connectivity index (χ1v) is 5.31. The zero-order valence-electron chi connectivity index (χ0n) is 9.82. The van der Waals surface area contributed by atoms with Gasteiger partial charge in [0.05, 0.1) is 5.56 Å². The van der Waals surface area contributed by atoms with Crippen LogP contribution in [0.5, 0.6) is 5.75 Å². The van der Waals surface area contributed by atoms with Gasteiger partial charge in [-0.25, -0.2) is 0 Å². The quantitative estimate of drug-likeness (QED) is 0.792. The average Bonchev–Trinajstić information content (AvgIpc) is 2.78. The van der Waals surface area contributed by atoms with Gasteiger partial charge in [0.1, 0.15) is 11.5 Å². The molecule has 0 aliphatic carbocycles. The third-order valence-corrected chi connectivity index (χ3v) is 2.37. The molecule has 0 saturated carbocycles. The van der Waals surface area contributed by atoms with Crippen molar-refractivity contribution < 1.29 is 27.1 Å². The maximum Gasteiger partial charge on any atom is 0.573 e. The predicted molar refractivity (Wildman–Crippen MR) is 61.0 cm³/mol. The summed E-state index contributed by atoms with van der Waals surface area (Å²) in [5, 5.41) is 0. The molecule has 100 valence electrons. The standard InChI is InChI=1S/C13H9F3O3/c1-8-2-4-12(19-13(14,15)16)10(6-8)11-5-3-9(7-17)18-11/h2-7H,1H3. The number of ether oxygens (including phenoxy) is 1. The Morgan fingerprint density at radius 2 is 1.95 bits per heavy atom. The summed E-state index contributed by atoms with van der Waals surface area (Å²) in [4.78, 5) is 10.5. The molecule has 1 heterocycles. The van der Waals surface area contributed by atoms with Gasteiger partial charge in [0, 0.05) is 0 Å². The lowest BCUT2D eigenvalue weighted by molar-refractivity contribution is -0.274. The molecule has 0 fully saturated rings. The van der Waals surface area contributed by atoms with Crippen LogP contribution in [0, 0.1) is 6.92 Å². The van der Waals surface area contributed by atoms with Crippen LogP contribution in [0.2, 0.25) is 0 Å². The highest BCUT2D eigenvalue weighted by Gasteiger charge is 2.32. The molecule has 0 unspecified atom stereocenters. The van der Waals surface area contributed by atoms with E-state index in [2.05, 4.69) is 4.74 Å². The van der Waals surface area contributed by atoms with E-state index in [4.69, 9.17) is 4.42 Å². The number of benzene rings is 1. The van der Waals surface area contributed by atoms with Crippen LogP contribution in [0.25, 0.3) is 11.3 Å². The summed E-state index contributed by atoms with van der Waals surface area (Å²) in [7, 11) is 0. The third kappa shape index (κ3) is 3.15. The number of carbonyl (C=O) groups excluding carboxylic acids is 1. The van der Waals surface area contributed by atoms with Crippen molar-refractivity contribution in [2.75, 3.05) is 0 Å². The molecular weight excluding hydrogens is 261 g/mol. The molecule has 0 aliphatic rings. The van der Waals surface area contributed by atoms with Gasteiger partial charge in [-0.1, -0.05) is 11.6 Å². The van der Waals surface area contributed by atoms with Crippen molar-refractivity contribution in [3.8, 4) is 17.1 Å². The van der Waals surface area contributed by atoms with Crippen molar-refractivity contribution in [3.63, 3.8) is 0 Å². The van der Waals surface area contributed by atoms with E-state index in [1.54, 1.807) is 6.92 Å². The number of halogens is 3. The molecule has 3 nitrogen and oxygen atoms in total. The molecule has 1 aromatic carbocycles. The van der Waals surface area contributed by atoms with Crippen molar-refractivity contribution in [1.82, 2.24) is 0 Å². The van der Waals surface area contributed by atoms with Crippen LogP contribution < -0.4 is 4.74 Å². The molecule has 0 aliphatic heterocycles. The van der Waals surface area contributed by atoms with E-state index >= 15 is 0 Å². The summed E-state index contributed by atoms with van der Waals surface area (Å²) in [6.07, 6.45) is -4.31. The maximum atomic E-state index is 12.3. The van der Waals surface area contributed by atoms with Crippen LogP contribution in [0.15, 0.2) is 34.7 Å².